The number of nitrogens with one attached hydrogen (secondary N) is 1. The third-order valence-corrected chi connectivity index (χ3v) is 7.06. The number of aryl methyl sites for hydroxylation is 1. The SMILES string of the molecule is CCOc1ccc([C@@H]2CC(c3ccc(C)cc3)=NN2C2=NC(=O)[C@H](CC(=O)N[C@H](C)C(=O)O)S2)cc1. The van der Waals surface area contributed by atoms with Crippen molar-refractivity contribution < 1.29 is 24.2 Å². The molecule has 10 heteroatoms. The van der Waals surface area contributed by atoms with E-state index in [9.17, 15) is 14.4 Å². The molecule has 9 nitrogen and oxygen atoms in total. The maximum atomic E-state index is 12.6. The van der Waals surface area contributed by atoms with E-state index < -0.39 is 29.1 Å². The first-order valence-electron chi connectivity index (χ1n) is 11.7. The van der Waals surface area contributed by atoms with Gasteiger partial charge in [-0.15, -0.1) is 0 Å². The van der Waals surface area contributed by atoms with Gasteiger partial charge in [0, 0.05) is 12.8 Å². The van der Waals surface area contributed by atoms with Crippen LogP contribution in [0.3, 0.4) is 0 Å². The van der Waals surface area contributed by atoms with Crippen LogP contribution in [0, 0.1) is 6.92 Å². The van der Waals surface area contributed by atoms with E-state index in [0.29, 0.717) is 18.2 Å². The van der Waals surface area contributed by atoms with Crippen LogP contribution in [0.5, 0.6) is 5.75 Å². The summed E-state index contributed by atoms with van der Waals surface area (Å²) in [6.07, 6.45) is 0.455. The molecular formula is C26H28N4O5S. The van der Waals surface area contributed by atoms with Crippen molar-refractivity contribution in [1.82, 2.24) is 10.3 Å². The smallest absolute Gasteiger partial charge is 0.325 e. The number of aliphatic carboxylic acids is 1. The zero-order chi connectivity index (χ0) is 25.8. The molecule has 0 saturated heterocycles. The Kier molecular flexibility index (Phi) is 7.73. The molecule has 0 radical (unpaired) electrons. The first-order chi connectivity index (χ1) is 17.2. The fourth-order valence-corrected chi connectivity index (χ4v) is 5.02. The molecule has 2 N–H and O–H groups in total. The van der Waals surface area contributed by atoms with Gasteiger partial charge >= 0.3 is 5.97 Å². The van der Waals surface area contributed by atoms with Gasteiger partial charge < -0.3 is 15.2 Å². The van der Waals surface area contributed by atoms with Crippen LogP contribution >= 0.6 is 11.8 Å². The van der Waals surface area contributed by atoms with E-state index in [-0.39, 0.29) is 12.5 Å². The number of carboxylic acids is 1. The zero-order valence-electron chi connectivity index (χ0n) is 20.3. The summed E-state index contributed by atoms with van der Waals surface area (Å²) in [5.74, 6) is -1.31. The number of amides is 2. The number of hydrogen-bond acceptors (Lipinski definition) is 7. The number of carbonyl (C=O) groups excluding carboxylic acids is 2. The number of amidine groups is 1. The average molecular weight is 509 g/mol. The van der Waals surface area contributed by atoms with Crippen LogP contribution in [0.2, 0.25) is 0 Å². The Morgan fingerprint density at radius 1 is 1.19 bits per heavy atom. The van der Waals surface area contributed by atoms with Gasteiger partial charge in [-0.3, -0.25) is 14.4 Å². The molecule has 0 aliphatic carbocycles. The van der Waals surface area contributed by atoms with Gasteiger partial charge in [-0.25, -0.2) is 5.01 Å². The standard InChI is InChI=1S/C26H28N4O5S/c1-4-35-19-11-9-18(10-12-19)21-13-20(17-7-5-15(2)6-8-17)29-30(21)26-28-24(32)22(36-26)14-23(31)27-16(3)25(33)34/h5-12,16,21-22H,4,13-14H2,1-3H3,(H,27,31)(H,33,34)/t16-,21+,22+/m1/s1. The Balaban J connectivity index is 1.56. The summed E-state index contributed by atoms with van der Waals surface area (Å²) in [7, 11) is 0. The van der Waals surface area contributed by atoms with Crippen LogP contribution in [-0.4, -0.2) is 56.7 Å². The quantitative estimate of drug-likeness (QED) is 0.560. The van der Waals surface area contributed by atoms with Crippen molar-refractivity contribution in [2.24, 2.45) is 10.1 Å². The molecule has 2 aliphatic rings. The second-order valence-corrected chi connectivity index (χ2v) is 9.82. The van der Waals surface area contributed by atoms with Crippen LogP contribution in [0.4, 0.5) is 0 Å². The third-order valence-electron chi connectivity index (χ3n) is 5.91. The number of ether oxygens (including phenoxy) is 1. The van der Waals surface area contributed by atoms with Gasteiger partial charge in [0.2, 0.25) is 5.91 Å². The fourth-order valence-electron chi connectivity index (χ4n) is 3.95. The summed E-state index contributed by atoms with van der Waals surface area (Å²) in [5, 5.41) is 17.7. The lowest BCUT2D eigenvalue weighted by atomic mass is 9.98. The monoisotopic (exact) mass is 508 g/mol. The Hall–Kier alpha value is -3.66. The molecule has 0 spiro atoms. The number of nitrogens with zero attached hydrogens (tertiary/aromatic N) is 3. The predicted octanol–water partition coefficient (Wildman–Crippen LogP) is 3.52. The van der Waals surface area contributed by atoms with Crippen LogP contribution in [0.25, 0.3) is 0 Å². The molecule has 0 bridgehead atoms. The highest BCUT2D eigenvalue weighted by Gasteiger charge is 2.39. The van der Waals surface area contributed by atoms with Crippen molar-refractivity contribution >= 4 is 40.4 Å². The summed E-state index contributed by atoms with van der Waals surface area (Å²) >= 11 is 1.18. The molecule has 0 aromatic heterocycles. The lowest BCUT2D eigenvalue weighted by Gasteiger charge is -2.23. The van der Waals surface area contributed by atoms with Crippen molar-refractivity contribution in [1.29, 1.82) is 0 Å². The number of rotatable bonds is 8. The Labute approximate surface area is 213 Å². The van der Waals surface area contributed by atoms with Gasteiger partial charge in [0.15, 0.2) is 5.17 Å². The molecule has 4 rings (SSSR count). The number of hydrogen-bond donors (Lipinski definition) is 2. The van der Waals surface area contributed by atoms with Crippen LogP contribution < -0.4 is 10.1 Å². The summed E-state index contributed by atoms with van der Waals surface area (Å²) in [4.78, 5) is 40.2. The van der Waals surface area contributed by atoms with Crippen molar-refractivity contribution in [3.8, 4) is 5.75 Å². The highest BCUT2D eigenvalue weighted by Crippen LogP contribution is 2.39. The average Bonchev–Trinajstić information content (AvgIpc) is 3.44. The molecule has 3 atom stereocenters. The lowest BCUT2D eigenvalue weighted by molar-refractivity contribution is -0.141. The van der Waals surface area contributed by atoms with Crippen molar-refractivity contribution in [3.63, 3.8) is 0 Å². The Morgan fingerprint density at radius 2 is 1.89 bits per heavy atom. The van der Waals surface area contributed by atoms with Gasteiger partial charge in [-0.05, 0) is 44.0 Å². The maximum Gasteiger partial charge on any atom is 0.325 e. The lowest BCUT2D eigenvalue weighted by Crippen LogP contribution is -2.39. The van der Waals surface area contributed by atoms with Gasteiger partial charge in [0.05, 0.1) is 18.4 Å². The van der Waals surface area contributed by atoms with Crippen molar-refractivity contribution in [3.05, 3.63) is 65.2 Å². The summed E-state index contributed by atoms with van der Waals surface area (Å²) in [6, 6.07) is 14.7. The first-order valence-corrected chi connectivity index (χ1v) is 12.6. The number of carboxylic acid groups (broad SMARTS) is 1. The minimum absolute atomic E-state index is 0.162. The van der Waals surface area contributed by atoms with Crippen LogP contribution in [0.1, 0.15) is 49.4 Å². The molecule has 2 aromatic rings. The Morgan fingerprint density at radius 3 is 2.53 bits per heavy atom. The minimum atomic E-state index is -1.14. The molecule has 36 heavy (non-hydrogen) atoms. The minimum Gasteiger partial charge on any atom is -0.494 e. The number of carbonyl (C=O) groups is 3. The van der Waals surface area contributed by atoms with Gasteiger partial charge in [-0.2, -0.15) is 10.1 Å². The molecule has 2 aromatic carbocycles. The van der Waals surface area contributed by atoms with E-state index in [1.807, 2.05) is 62.4 Å². The molecule has 2 aliphatic heterocycles. The Bertz CT molecular complexity index is 1210. The highest BCUT2D eigenvalue weighted by atomic mass is 32.2. The fraction of sp³-hybridized carbons (Fsp3) is 0.346. The molecule has 0 fully saturated rings. The van der Waals surface area contributed by atoms with E-state index in [4.69, 9.17) is 14.9 Å². The first kappa shape index (κ1) is 25.4. The predicted molar refractivity (Wildman–Crippen MR) is 138 cm³/mol. The normalized spacial score (nSPS) is 20.1. The topological polar surface area (TPSA) is 121 Å². The van der Waals surface area contributed by atoms with Crippen LogP contribution in [0.15, 0.2) is 58.6 Å². The molecule has 0 unspecified atom stereocenters. The summed E-state index contributed by atoms with van der Waals surface area (Å²) in [5.41, 5.74) is 4.02. The summed E-state index contributed by atoms with van der Waals surface area (Å²) in [6.45, 7) is 5.90. The zero-order valence-corrected chi connectivity index (χ0v) is 21.1. The van der Waals surface area contributed by atoms with E-state index in [2.05, 4.69) is 10.3 Å². The number of benzene rings is 2. The molecule has 188 valence electrons. The molecular weight excluding hydrogens is 480 g/mol. The van der Waals surface area contributed by atoms with E-state index in [1.54, 1.807) is 5.01 Å². The van der Waals surface area contributed by atoms with E-state index >= 15 is 0 Å². The third kappa shape index (κ3) is 5.76. The van der Waals surface area contributed by atoms with E-state index in [1.165, 1.54) is 18.7 Å². The van der Waals surface area contributed by atoms with E-state index in [0.717, 1.165) is 28.2 Å². The maximum absolute atomic E-state index is 12.6. The number of aliphatic imine (C=N–C) groups is 1. The largest absolute Gasteiger partial charge is 0.494 e. The van der Waals surface area contributed by atoms with Gasteiger partial charge in [0.25, 0.3) is 5.91 Å². The molecule has 2 heterocycles. The number of thioether (sulfide) groups is 1. The van der Waals surface area contributed by atoms with Crippen molar-refractivity contribution in [2.75, 3.05) is 6.61 Å². The second-order valence-electron chi connectivity index (χ2n) is 8.65. The summed E-state index contributed by atoms with van der Waals surface area (Å²) < 4.78 is 5.57. The molecule has 2 amide bonds. The highest BCUT2D eigenvalue weighted by molar-refractivity contribution is 8.15. The van der Waals surface area contributed by atoms with Gasteiger partial charge in [-0.1, -0.05) is 53.7 Å². The number of hydrazone groups is 1. The molecule has 0 saturated carbocycles. The van der Waals surface area contributed by atoms with Crippen LogP contribution in [-0.2, 0) is 14.4 Å². The van der Waals surface area contributed by atoms with Crippen molar-refractivity contribution in [2.45, 2.75) is 50.9 Å². The van der Waals surface area contributed by atoms with Gasteiger partial charge in [0.1, 0.15) is 17.0 Å². The second kappa shape index (κ2) is 10.9.